The summed E-state index contributed by atoms with van der Waals surface area (Å²) in [4.78, 5) is 15.0. The van der Waals surface area contributed by atoms with Crippen LogP contribution in [0.1, 0.15) is 23.0 Å². The molecule has 1 aromatic heterocycles. The molecule has 0 aliphatic rings. The van der Waals surface area contributed by atoms with Crippen molar-refractivity contribution >= 4 is 5.69 Å². The third kappa shape index (κ3) is 2.95. The highest BCUT2D eigenvalue weighted by Gasteiger charge is 2.20. The molecule has 0 fully saturated rings. The Labute approximate surface area is 132 Å². The maximum Gasteiger partial charge on any atom is 0.280 e. The van der Waals surface area contributed by atoms with Crippen molar-refractivity contribution in [2.45, 2.75) is 13.0 Å². The van der Waals surface area contributed by atoms with Gasteiger partial charge in [-0.25, -0.2) is 4.98 Å². The van der Waals surface area contributed by atoms with Crippen molar-refractivity contribution in [3.05, 3.63) is 75.6 Å². The van der Waals surface area contributed by atoms with Crippen LogP contribution in [-0.2, 0) is 0 Å². The van der Waals surface area contributed by atoms with E-state index in [1.54, 1.807) is 18.2 Å². The largest absolute Gasteiger partial charge is 0.318 e. The molecule has 3 aromatic rings. The molecule has 1 atom stereocenters. The second-order valence-electron chi connectivity index (χ2n) is 5.21. The van der Waals surface area contributed by atoms with Gasteiger partial charge in [0.15, 0.2) is 5.82 Å². The fourth-order valence-electron chi connectivity index (χ4n) is 2.29. The normalized spacial score (nSPS) is 12.1. The van der Waals surface area contributed by atoms with E-state index in [1.165, 1.54) is 6.07 Å². The van der Waals surface area contributed by atoms with Crippen molar-refractivity contribution in [1.82, 2.24) is 15.2 Å². The number of nitrogens with two attached hydrogens (primary N) is 1. The molecule has 7 heteroatoms. The molecular weight excluding hydrogens is 294 g/mol. The lowest BCUT2D eigenvalue weighted by molar-refractivity contribution is -0.384. The fourth-order valence-corrected chi connectivity index (χ4v) is 2.29. The zero-order chi connectivity index (χ0) is 16.4. The molecule has 0 aliphatic heterocycles. The summed E-state index contributed by atoms with van der Waals surface area (Å²) < 4.78 is 0. The SMILES string of the molecule is Cc1ccc(C(N)c2nc(-c3ccccc3[N+](=O)[O-])n[nH]2)cc1. The minimum atomic E-state index is -0.473. The molecule has 0 amide bonds. The predicted molar refractivity (Wildman–Crippen MR) is 85.7 cm³/mol. The van der Waals surface area contributed by atoms with E-state index < -0.39 is 11.0 Å². The molecular formula is C16H15N5O2. The Kier molecular flexibility index (Phi) is 3.86. The van der Waals surface area contributed by atoms with E-state index in [2.05, 4.69) is 15.2 Å². The Hall–Kier alpha value is -3.06. The van der Waals surface area contributed by atoms with Gasteiger partial charge in [0, 0.05) is 6.07 Å². The van der Waals surface area contributed by atoms with Gasteiger partial charge in [0.2, 0.25) is 0 Å². The van der Waals surface area contributed by atoms with Gasteiger partial charge < -0.3 is 5.73 Å². The van der Waals surface area contributed by atoms with E-state index >= 15 is 0 Å². The van der Waals surface area contributed by atoms with E-state index in [4.69, 9.17) is 5.73 Å². The summed E-state index contributed by atoms with van der Waals surface area (Å²) in [6.45, 7) is 2.00. The first-order valence-corrected chi connectivity index (χ1v) is 7.04. The number of nitro groups is 1. The molecule has 116 valence electrons. The molecule has 0 saturated carbocycles. The molecule has 1 heterocycles. The topological polar surface area (TPSA) is 111 Å². The van der Waals surface area contributed by atoms with Gasteiger partial charge in [-0.15, -0.1) is 0 Å². The van der Waals surface area contributed by atoms with Crippen LogP contribution in [0, 0.1) is 17.0 Å². The molecule has 7 nitrogen and oxygen atoms in total. The number of benzene rings is 2. The van der Waals surface area contributed by atoms with Gasteiger partial charge in [0.1, 0.15) is 5.82 Å². The van der Waals surface area contributed by atoms with E-state index in [9.17, 15) is 10.1 Å². The number of aryl methyl sites for hydroxylation is 1. The number of H-pyrrole nitrogens is 1. The van der Waals surface area contributed by atoms with Gasteiger partial charge in [-0.05, 0) is 18.6 Å². The molecule has 23 heavy (non-hydrogen) atoms. The smallest absolute Gasteiger partial charge is 0.280 e. The van der Waals surface area contributed by atoms with Gasteiger partial charge in [0.25, 0.3) is 5.69 Å². The van der Waals surface area contributed by atoms with Crippen LogP contribution in [0.2, 0.25) is 0 Å². The summed E-state index contributed by atoms with van der Waals surface area (Å²) in [5.74, 6) is 0.719. The molecule has 3 rings (SSSR count). The number of hydrogen-bond acceptors (Lipinski definition) is 5. The van der Waals surface area contributed by atoms with Crippen molar-refractivity contribution < 1.29 is 4.92 Å². The molecule has 3 N–H and O–H groups in total. The Balaban J connectivity index is 1.95. The number of nitro benzene ring substituents is 1. The minimum absolute atomic E-state index is 0.0399. The second kappa shape index (κ2) is 5.98. The van der Waals surface area contributed by atoms with Crippen LogP contribution < -0.4 is 5.73 Å². The standard InChI is InChI=1S/C16H15N5O2/c1-10-6-8-11(9-7-10)14(17)16-18-15(19-20-16)12-4-2-3-5-13(12)21(22)23/h2-9,14H,17H2,1H3,(H,18,19,20). The zero-order valence-corrected chi connectivity index (χ0v) is 12.4. The Morgan fingerprint density at radius 2 is 1.87 bits per heavy atom. The zero-order valence-electron chi connectivity index (χ0n) is 12.4. The number of para-hydroxylation sites is 1. The van der Waals surface area contributed by atoms with E-state index in [0.717, 1.165) is 11.1 Å². The van der Waals surface area contributed by atoms with Crippen LogP contribution in [0.4, 0.5) is 5.69 Å². The highest BCUT2D eigenvalue weighted by atomic mass is 16.6. The maximum atomic E-state index is 11.1. The van der Waals surface area contributed by atoms with Crippen LogP contribution >= 0.6 is 0 Å². The highest BCUT2D eigenvalue weighted by Crippen LogP contribution is 2.27. The summed E-state index contributed by atoms with van der Waals surface area (Å²) in [6.07, 6.45) is 0. The van der Waals surface area contributed by atoms with Crippen LogP contribution in [0.25, 0.3) is 11.4 Å². The number of aromatic nitrogens is 3. The average Bonchev–Trinajstić information content (AvgIpc) is 3.04. The summed E-state index contributed by atoms with van der Waals surface area (Å²) in [6, 6.07) is 13.7. The quantitative estimate of drug-likeness (QED) is 0.568. The Bertz CT molecular complexity index is 842. The first-order chi connectivity index (χ1) is 11.1. The third-order valence-corrected chi connectivity index (χ3v) is 3.58. The molecule has 0 aliphatic carbocycles. The molecule has 1 unspecified atom stereocenters. The third-order valence-electron chi connectivity index (χ3n) is 3.58. The van der Waals surface area contributed by atoms with Crippen molar-refractivity contribution in [2.24, 2.45) is 5.73 Å². The number of nitrogens with one attached hydrogen (secondary N) is 1. The van der Waals surface area contributed by atoms with Crippen molar-refractivity contribution in [3.63, 3.8) is 0 Å². The average molecular weight is 309 g/mol. The Morgan fingerprint density at radius 1 is 1.17 bits per heavy atom. The number of rotatable bonds is 4. The number of hydrogen-bond donors (Lipinski definition) is 2. The van der Waals surface area contributed by atoms with Gasteiger partial charge >= 0.3 is 0 Å². The van der Waals surface area contributed by atoms with Crippen molar-refractivity contribution in [2.75, 3.05) is 0 Å². The molecule has 0 bridgehead atoms. The fraction of sp³-hybridized carbons (Fsp3) is 0.125. The molecule has 0 radical (unpaired) electrons. The summed E-state index contributed by atoms with van der Waals surface area (Å²) in [5, 5.41) is 18.0. The van der Waals surface area contributed by atoms with E-state index in [1.807, 2.05) is 31.2 Å². The number of nitrogens with zero attached hydrogens (tertiary/aromatic N) is 3. The number of aromatic amines is 1. The van der Waals surface area contributed by atoms with E-state index in [-0.39, 0.29) is 11.5 Å². The summed E-state index contributed by atoms with van der Waals surface area (Å²) >= 11 is 0. The lowest BCUT2D eigenvalue weighted by atomic mass is 10.1. The highest BCUT2D eigenvalue weighted by molar-refractivity contribution is 5.67. The van der Waals surface area contributed by atoms with E-state index in [0.29, 0.717) is 11.4 Å². The first-order valence-electron chi connectivity index (χ1n) is 7.04. The minimum Gasteiger partial charge on any atom is -0.318 e. The summed E-state index contributed by atoms with van der Waals surface area (Å²) in [7, 11) is 0. The van der Waals surface area contributed by atoms with Crippen molar-refractivity contribution in [3.8, 4) is 11.4 Å². The lowest BCUT2D eigenvalue weighted by Gasteiger charge is -2.08. The van der Waals surface area contributed by atoms with Crippen LogP contribution in [0.5, 0.6) is 0 Å². The van der Waals surface area contributed by atoms with Gasteiger partial charge in [-0.3, -0.25) is 15.2 Å². The maximum absolute atomic E-state index is 11.1. The van der Waals surface area contributed by atoms with Gasteiger partial charge in [-0.1, -0.05) is 42.0 Å². The first kappa shape index (κ1) is 14.9. The molecule has 2 aromatic carbocycles. The van der Waals surface area contributed by atoms with Crippen LogP contribution in [0.3, 0.4) is 0 Å². The van der Waals surface area contributed by atoms with Crippen LogP contribution in [-0.4, -0.2) is 20.1 Å². The summed E-state index contributed by atoms with van der Waals surface area (Å²) in [5.41, 5.74) is 8.53. The molecule has 0 spiro atoms. The predicted octanol–water partition coefficient (Wildman–Crippen LogP) is 2.74. The van der Waals surface area contributed by atoms with Crippen molar-refractivity contribution in [1.29, 1.82) is 0 Å². The van der Waals surface area contributed by atoms with Gasteiger partial charge in [-0.2, -0.15) is 5.10 Å². The lowest BCUT2D eigenvalue weighted by Crippen LogP contribution is -2.13. The van der Waals surface area contributed by atoms with Gasteiger partial charge in [0.05, 0.1) is 16.5 Å². The monoisotopic (exact) mass is 309 g/mol. The Morgan fingerprint density at radius 3 is 2.57 bits per heavy atom. The molecule has 0 saturated heterocycles. The second-order valence-corrected chi connectivity index (χ2v) is 5.21. The van der Waals surface area contributed by atoms with Crippen LogP contribution in [0.15, 0.2) is 48.5 Å².